The molecule has 0 amide bonds. The maximum absolute atomic E-state index is 6.28. The summed E-state index contributed by atoms with van der Waals surface area (Å²) in [6.07, 6.45) is 0. The van der Waals surface area contributed by atoms with Crippen LogP contribution in [0, 0.1) is 55.4 Å². The van der Waals surface area contributed by atoms with Gasteiger partial charge in [0.25, 0.3) is 0 Å². The molecule has 0 atom stereocenters. The summed E-state index contributed by atoms with van der Waals surface area (Å²) in [5.74, 6) is 1.11. The van der Waals surface area contributed by atoms with Crippen LogP contribution >= 0.6 is 0 Å². The van der Waals surface area contributed by atoms with E-state index >= 15 is 0 Å². The lowest BCUT2D eigenvalue weighted by atomic mass is 9.91. The van der Waals surface area contributed by atoms with E-state index in [1.54, 1.807) is 0 Å². The van der Waals surface area contributed by atoms with Crippen LogP contribution in [0.2, 0.25) is 0 Å². The summed E-state index contributed by atoms with van der Waals surface area (Å²) in [5, 5.41) is 8.92. The van der Waals surface area contributed by atoms with E-state index in [0.717, 1.165) is 22.3 Å². The van der Waals surface area contributed by atoms with Gasteiger partial charge in [0.1, 0.15) is 0 Å². The molecule has 0 bridgehead atoms. The third kappa shape index (κ3) is 4.62. The molecule has 0 saturated heterocycles. The fourth-order valence-corrected chi connectivity index (χ4v) is 5.17. The highest BCUT2D eigenvalue weighted by atomic mass is 16.4. The molecule has 0 N–H and O–H groups in total. The van der Waals surface area contributed by atoms with Crippen molar-refractivity contribution < 1.29 is 4.42 Å². The minimum Gasteiger partial charge on any atom is -0.416 e. The molecule has 0 radical (unpaired) electrons. The second-order valence-electron chi connectivity index (χ2n) is 10.5. The molecule has 1 heterocycles. The fourth-order valence-electron chi connectivity index (χ4n) is 5.17. The number of benzene rings is 4. The number of aryl methyl sites for hydroxylation is 8. The first-order valence-corrected chi connectivity index (χ1v) is 12.8. The van der Waals surface area contributed by atoms with Gasteiger partial charge in [-0.2, -0.15) is 0 Å². The standard InChI is InChI=1S/C34H34N2O/c1-19-9-11-21(3)27(13-19)29-15-25(7)31(17-23(29)5)33-35-36-34(37-33)32-18-24(6)30(16-26(32)8)28-14-20(2)10-12-22(28)4/h9-18H,1-8H3. The first kappa shape index (κ1) is 24.7. The number of nitrogens with zero attached hydrogens (tertiary/aromatic N) is 2. The highest BCUT2D eigenvalue weighted by Crippen LogP contribution is 2.36. The third-order valence-electron chi connectivity index (χ3n) is 7.40. The van der Waals surface area contributed by atoms with Gasteiger partial charge < -0.3 is 4.42 Å². The number of rotatable bonds is 4. The third-order valence-corrected chi connectivity index (χ3v) is 7.40. The topological polar surface area (TPSA) is 38.9 Å². The Hall–Kier alpha value is -3.98. The molecule has 0 spiro atoms. The van der Waals surface area contributed by atoms with E-state index in [4.69, 9.17) is 4.42 Å². The Balaban J connectivity index is 1.53. The van der Waals surface area contributed by atoms with Gasteiger partial charge in [0.2, 0.25) is 11.8 Å². The predicted molar refractivity (Wildman–Crippen MR) is 154 cm³/mol. The van der Waals surface area contributed by atoms with Gasteiger partial charge in [0.15, 0.2) is 0 Å². The van der Waals surface area contributed by atoms with Gasteiger partial charge in [0.05, 0.1) is 0 Å². The van der Waals surface area contributed by atoms with Crippen LogP contribution in [0.3, 0.4) is 0 Å². The summed E-state index contributed by atoms with van der Waals surface area (Å²) in [7, 11) is 0. The van der Waals surface area contributed by atoms with Crippen molar-refractivity contribution in [3.8, 4) is 45.2 Å². The summed E-state index contributed by atoms with van der Waals surface area (Å²) in [5.41, 5.74) is 16.7. The van der Waals surface area contributed by atoms with E-state index in [-0.39, 0.29) is 0 Å². The molecule has 37 heavy (non-hydrogen) atoms. The Labute approximate surface area is 220 Å². The first-order chi connectivity index (χ1) is 17.6. The van der Waals surface area contributed by atoms with E-state index in [9.17, 15) is 0 Å². The molecule has 0 aliphatic rings. The van der Waals surface area contributed by atoms with Crippen molar-refractivity contribution in [3.63, 3.8) is 0 Å². The Kier molecular flexibility index (Phi) is 6.33. The quantitative estimate of drug-likeness (QED) is 0.254. The SMILES string of the molecule is Cc1ccc(C)c(-c2cc(C)c(-c3nnc(-c4cc(C)c(-c5cc(C)ccc5C)cc4C)o3)cc2C)c1. The molecular formula is C34H34N2O. The van der Waals surface area contributed by atoms with Crippen LogP contribution in [0.25, 0.3) is 45.2 Å². The molecule has 0 saturated carbocycles. The van der Waals surface area contributed by atoms with Crippen molar-refractivity contribution in [1.82, 2.24) is 10.2 Å². The molecule has 0 unspecified atom stereocenters. The lowest BCUT2D eigenvalue weighted by molar-refractivity contribution is 0.583. The normalized spacial score (nSPS) is 11.2. The largest absolute Gasteiger partial charge is 0.416 e. The van der Waals surface area contributed by atoms with E-state index < -0.39 is 0 Å². The van der Waals surface area contributed by atoms with Crippen molar-refractivity contribution >= 4 is 0 Å². The van der Waals surface area contributed by atoms with Gasteiger partial charge in [-0.15, -0.1) is 10.2 Å². The zero-order valence-corrected chi connectivity index (χ0v) is 23.1. The van der Waals surface area contributed by atoms with Gasteiger partial charge in [-0.3, -0.25) is 0 Å². The summed E-state index contributed by atoms with van der Waals surface area (Å²) >= 11 is 0. The molecule has 1 aromatic heterocycles. The van der Waals surface area contributed by atoms with Crippen LogP contribution in [0.1, 0.15) is 44.5 Å². The molecule has 0 aliphatic carbocycles. The summed E-state index contributed by atoms with van der Waals surface area (Å²) in [6, 6.07) is 22.0. The van der Waals surface area contributed by atoms with Crippen LogP contribution < -0.4 is 0 Å². The molecule has 0 aliphatic heterocycles. The van der Waals surface area contributed by atoms with Crippen molar-refractivity contribution in [2.45, 2.75) is 55.4 Å². The average Bonchev–Trinajstić information content (AvgIpc) is 3.34. The van der Waals surface area contributed by atoms with E-state index in [1.165, 1.54) is 55.6 Å². The van der Waals surface area contributed by atoms with Crippen LogP contribution in [0.15, 0.2) is 65.1 Å². The molecule has 4 aromatic carbocycles. The Morgan fingerprint density at radius 1 is 0.378 bits per heavy atom. The van der Waals surface area contributed by atoms with Crippen molar-refractivity contribution in [3.05, 3.63) is 105 Å². The minimum absolute atomic E-state index is 0.554. The van der Waals surface area contributed by atoms with Crippen LogP contribution in [-0.4, -0.2) is 10.2 Å². The summed E-state index contributed by atoms with van der Waals surface area (Å²) < 4.78 is 6.28. The lowest BCUT2D eigenvalue weighted by Crippen LogP contribution is -1.93. The van der Waals surface area contributed by atoms with Gasteiger partial charge in [-0.1, -0.05) is 59.7 Å². The van der Waals surface area contributed by atoms with E-state index in [2.05, 4.69) is 126 Å². The molecular weight excluding hydrogens is 452 g/mol. The smallest absolute Gasteiger partial charge is 0.248 e. The van der Waals surface area contributed by atoms with E-state index in [1.807, 2.05) is 0 Å². The molecule has 186 valence electrons. The Morgan fingerprint density at radius 2 is 0.703 bits per heavy atom. The zero-order chi connectivity index (χ0) is 26.4. The summed E-state index contributed by atoms with van der Waals surface area (Å²) in [4.78, 5) is 0. The minimum atomic E-state index is 0.554. The van der Waals surface area contributed by atoms with Crippen LogP contribution in [0.4, 0.5) is 0 Å². The maximum atomic E-state index is 6.28. The predicted octanol–water partition coefficient (Wildman–Crippen LogP) is 9.20. The highest BCUT2D eigenvalue weighted by Gasteiger charge is 2.18. The maximum Gasteiger partial charge on any atom is 0.248 e. The van der Waals surface area contributed by atoms with Crippen LogP contribution in [-0.2, 0) is 0 Å². The molecule has 3 heteroatoms. The fraction of sp³-hybridized carbons (Fsp3) is 0.235. The number of aromatic nitrogens is 2. The monoisotopic (exact) mass is 486 g/mol. The van der Waals surface area contributed by atoms with Gasteiger partial charge in [-0.05, 0) is 123 Å². The van der Waals surface area contributed by atoms with Crippen molar-refractivity contribution in [1.29, 1.82) is 0 Å². The number of hydrogen-bond acceptors (Lipinski definition) is 3. The second-order valence-corrected chi connectivity index (χ2v) is 10.5. The average molecular weight is 487 g/mol. The lowest BCUT2D eigenvalue weighted by Gasteiger charge is -2.14. The Bertz CT molecular complexity index is 1530. The second kappa shape index (κ2) is 9.48. The van der Waals surface area contributed by atoms with Crippen LogP contribution in [0.5, 0.6) is 0 Å². The molecule has 0 fully saturated rings. The summed E-state index contributed by atoms with van der Waals surface area (Å²) in [6.45, 7) is 17.1. The zero-order valence-electron chi connectivity index (χ0n) is 23.1. The molecule has 3 nitrogen and oxygen atoms in total. The van der Waals surface area contributed by atoms with Gasteiger partial charge >= 0.3 is 0 Å². The number of hydrogen-bond donors (Lipinski definition) is 0. The van der Waals surface area contributed by atoms with Crippen molar-refractivity contribution in [2.75, 3.05) is 0 Å². The first-order valence-electron chi connectivity index (χ1n) is 12.8. The molecule has 5 rings (SSSR count). The van der Waals surface area contributed by atoms with Crippen molar-refractivity contribution in [2.24, 2.45) is 0 Å². The Morgan fingerprint density at radius 3 is 1.11 bits per heavy atom. The van der Waals surface area contributed by atoms with Gasteiger partial charge in [0, 0.05) is 11.1 Å². The highest BCUT2D eigenvalue weighted by molar-refractivity contribution is 5.78. The van der Waals surface area contributed by atoms with E-state index in [0.29, 0.717) is 11.8 Å². The van der Waals surface area contributed by atoms with Gasteiger partial charge in [-0.25, -0.2) is 0 Å². The molecule has 5 aromatic rings.